The number of hydrogen-bond donors (Lipinski definition) is 2. The Kier molecular flexibility index (Phi) is 6.91. The molecule has 2 amide bonds. The van der Waals surface area contributed by atoms with E-state index in [-0.39, 0.29) is 35.7 Å². The van der Waals surface area contributed by atoms with Gasteiger partial charge in [0.15, 0.2) is 5.69 Å². The Morgan fingerprint density at radius 1 is 0.971 bits per heavy atom. The van der Waals surface area contributed by atoms with E-state index >= 15 is 0 Å². The average molecular weight is 476 g/mol. The monoisotopic (exact) mass is 476 g/mol. The standard InChI is InChI=1S/C25H24N4O6/c1-3-34-23(31)20-15(2)26-25(33)27-19(20)14-35-24(32)21-17-11-7-8-12-18(17)22(30)29(28-21)13-16-9-5-4-6-10-16/h4-12,15H,3,13-14H2,1-2H3,(H2,26,27,33)/t15-/m1/s1. The summed E-state index contributed by atoms with van der Waals surface area (Å²) in [5, 5.41) is 10.0. The Morgan fingerprint density at radius 2 is 1.66 bits per heavy atom. The van der Waals surface area contributed by atoms with Gasteiger partial charge >= 0.3 is 18.0 Å². The molecule has 0 aliphatic carbocycles. The maximum atomic E-state index is 13.1. The van der Waals surface area contributed by atoms with E-state index in [1.807, 2.05) is 30.3 Å². The number of esters is 2. The maximum Gasteiger partial charge on any atom is 0.359 e. The van der Waals surface area contributed by atoms with Gasteiger partial charge in [0.05, 0.1) is 35.8 Å². The summed E-state index contributed by atoms with van der Waals surface area (Å²) in [6.45, 7) is 3.22. The third-order valence-electron chi connectivity index (χ3n) is 5.45. The molecule has 10 heteroatoms. The summed E-state index contributed by atoms with van der Waals surface area (Å²) in [4.78, 5) is 50.5. The van der Waals surface area contributed by atoms with Crippen LogP contribution in [-0.2, 0) is 20.8 Å². The molecule has 2 N–H and O–H groups in total. The van der Waals surface area contributed by atoms with E-state index < -0.39 is 30.6 Å². The number of hydrogen-bond acceptors (Lipinski definition) is 7. The minimum Gasteiger partial charge on any atom is -0.463 e. The van der Waals surface area contributed by atoms with Crippen molar-refractivity contribution in [2.24, 2.45) is 0 Å². The molecule has 180 valence electrons. The van der Waals surface area contributed by atoms with Crippen molar-refractivity contribution in [3.8, 4) is 0 Å². The summed E-state index contributed by atoms with van der Waals surface area (Å²) in [5.74, 6) is -1.43. The van der Waals surface area contributed by atoms with Gasteiger partial charge in [0, 0.05) is 5.39 Å². The lowest BCUT2D eigenvalue weighted by atomic mass is 10.0. The van der Waals surface area contributed by atoms with Crippen molar-refractivity contribution in [2.75, 3.05) is 13.2 Å². The topological polar surface area (TPSA) is 129 Å². The average Bonchev–Trinajstić information content (AvgIpc) is 2.84. The lowest BCUT2D eigenvalue weighted by Crippen LogP contribution is -2.50. The highest BCUT2D eigenvalue weighted by atomic mass is 16.5. The van der Waals surface area contributed by atoms with Crippen molar-refractivity contribution in [3.05, 3.63) is 87.5 Å². The van der Waals surface area contributed by atoms with Gasteiger partial charge in [-0.1, -0.05) is 48.5 Å². The number of urea groups is 1. The highest BCUT2D eigenvalue weighted by molar-refractivity contribution is 6.02. The molecule has 35 heavy (non-hydrogen) atoms. The number of carbonyl (C=O) groups is 3. The normalized spacial score (nSPS) is 15.4. The molecule has 2 aromatic carbocycles. The number of carbonyl (C=O) groups excluding carboxylic acids is 3. The highest BCUT2D eigenvalue weighted by Gasteiger charge is 2.30. The number of amides is 2. The van der Waals surface area contributed by atoms with Crippen LogP contribution in [0.2, 0.25) is 0 Å². The van der Waals surface area contributed by atoms with Crippen LogP contribution in [0.4, 0.5) is 4.79 Å². The predicted molar refractivity (Wildman–Crippen MR) is 127 cm³/mol. The highest BCUT2D eigenvalue weighted by Crippen LogP contribution is 2.18. The molecule has 1 aliphatic rings. The van der Waals surface area contributed by atoms with Gasteiger partial charge in [-0.15, -0.1) is 0 Å². The molecule has 1 aliphatic heterocycles. The fraction of sp³-hybridized carbons (Fsp3) is 0.240. The zero-order valence-electron chi connectivity index (χ0n) is 19.2. The zero-order chi connectivity index (χ0) is 24.9. The molecular formula is C25H24N4O6. The Bertz CT molecular complexity index is 1380. The SMILES string of the molecule is CCOC(=O)C1=C(COC(=O)c2nn(Cc3ccccc3)c(=O)c3ccccc23)NC(=O)N[C@@H]1C. The Labute approximate surface area is 200 Å². The molecule has 2 heterocycles. The molecular weight excluding hydrogens is 452 g/mol. The van der Waals surface area contributed by atoms with Gasteiger partial charge in [-0.25, -0.2) is 19.1 Å². The van der Waals surface area contributed by atoms with Crippen LogP contribution >= 0.6 is 0 Å². The van der Waals surface area contributed by atoms with Crippen LogP contribution in [0.15, 0.2) is 70.7 Å². The van der Waals surface area contributed by atoms with E-state index in [0.717, 1.165) is 5.56 Å². The third kappa shape index (κ3) is 5.06. The molecule has 1 atom stereocenters. The molecule has 0 radical (unpaired) electrons. The molecule has 0 fully saturated rings. The van der Waals surface area contributed by atoms with Crippen molar-refractivity contribution in [1.29, 1.82) is 0 Å². The predicted octanol–water partition coefficient (Wildman–Crippen LogP) is 2.12. The van der Waals surface area contributed by atoms with Gasteiger partial charge in [0.1, 0.15) is 6.61 Å². The second-order valence-corrected chi connectivity index (χ2v) is 7.85. The number of benzene rings is 2. The van der Waals surface area contributed by atoms with E-state index in [4.69, 9.17) is 9.47 Å². The number of rotatable bonds is 7. The molecule has 0 saturated carbocycles. The molecule has 1 aromatic heterocycles. The zero-order valence-corrected chi connectivity index (χ0v) is 19.2. The number of fused-ring (bicyclic) bond motifs is 1. The summed E-state index contributed by atoms with van der Waals surface area (Å²) in [6.07, 6.45) is 0. The summed E-state index contributed by atoms with van der Waals surface area (Å²) in [7, 11) is 0. The Hall–Kier alpha value is -4.47. The van der Waals surface area contributed by atoms with Crippen LogP contribution in [0, 0.1) is 0 Å². The van der Waals surface area contributed by atoms with E-state index in [0.29, 0.717) is 10.8 Å². The molecule has 0 unspecified atom stereocenters. The fourth-order valence-electron chi connectivity index (χ4n) is 3.85. The fourth-order valence-corrected chi connectivity index (χ4v) is 3.85. The third-order valence-corrected chi connectivity index (χ3v) is 5.45. The Balaban J connectivity index is 1.67. The number of aromatic nitrogens is 2. The largest absolute Gasteiger partial charge is 0.463 e. The number of nitrogens with zero attached hydrogens (tertiary/aromatic N) is 2. The van der Waals surface area contributed by atoms with E-state index in [9.17, 15) is 19.2 Å². The molecule has 0 saturated heterocycles. The first-order chi connectivity index (χ1) is 16.9. The summed E-state index contributed by atoms with van der Waals surface area (Å²) < 4.78 is 11.7. The maximum absolute atomic E-state index is 13.1. The first kappa shape index (κ1) is 23.7. The Morgan fingerprint density at radius 3 is 2.37 bits per heavy atom. The van der Waals surface area contributed by atoms with Gasteiger partial charge in [-0.3, -0.25) is 4.79 Å². The van der Waals surface area contributed by atoms with E-state index in [1.54, 1.807) is 38.1 Å². The molecule has 3 aromatic rings. The van der Waals surface area contributed by atoms with Gasteiger partial charge in [-0.2, -0.15) is 5.10 Å². The van der Waals surface area contributed by atoms with E-state index in [1.165, 1.54) is 4.68 Å². The lowest BCUT2D eigenvalue weighted by molar-refractivity contribution is -0.139. The van der Waals surface area contributed by atoms with Crippen LogP contribution < -0.4 is 16.2 Å². The van der Waals surface area contributed by atoms with Crippen LogP contribution in [0.1, 0.15) is 29.9 Å². The van der Waals surface area contributed by atoms with Crippen molar-refractivity contribution in [3.63, 3.8) is 0 Å². The van der Waals surface area contributed by atoms with Gasteiger partial charge in [0.25, 0.3) is 5.56 Å². The van der Waals surface area contributed by atoms with Crippen molar-refractivity contribution in [2.45, 2.75) is 26.4 Å². The number of nitrogens with one attached hydrogen (secondary N) is 2. The second kappa shape index (κ2) is 10.2. The van der Waals surface area contributed by atoms with Crippen molar-refractivity contribution >= 4 is 28.7 Å². The van der Waals surface area contributed by atoms with Gasteiger partial charge in [0.2, 0.25) is 0 Å². The number of ether oxygens (including phenoxy) is 2. The quantitative estimate of drug-likeness (QED) is 0.500. The van der Waals surface area contributed by atoms with Gasteiger partial charge < -0.3 is 20.1 Å². The molecule has 0 spiro atoms. The first-order valence-electron chi connectivity index (χ1n) is 11.1. The minimum atomic E-state index is -0.806. The van der Waals surface area contributed by atoms with Crippen LogP contribution in [0.5, 0.6) is 0 Å². The molecule has 0 bridgehead atoms. The summed E-state index contributed by atoms with van der Waals surface area (Å²) in [5.41, 5.74) is 0.726. The van der Waals surface area contributed by atoms with Crippen molar-refractivity contribution in [1.82, 2.24) is 20.4 Å². The van der Waals surface area contributed by atoms with Crippen LogP contribution in [0.3, 0.4) is 0 Å². The first-order valence-corrected chi connectivity index (χ1v) is 11.1. The van der Waals surface area contributed by atoms with E-state index in [2.05, 4.69) is 15.7 Å². The minimum absolute atomic E-state index is 0.0530. The summed E-state index contributed by atoms with van der Waals surface area (Å²) >= 11 is 0. The van der Waals surface area contributed by atoms with Crippen LogP contribution in [0.25, 0.3) is 10.8 Å². The lowest BCUT2D eigenvalue weighted by Gasteiger charge is -2.26. The summed E-state index contributed by atoms with van der Waals surface area (Å²) in [6, 6.07) is 14.7. The second-order valence-electron chi connectivity index (χ2n) is 7.85. The smallest absolute Gasteiger partial charge is 0.359 e. The molecule has 10 nitrogen and oxygen atoms in total. The van der Waals surface area contributed by atoms with Gasteiger partial charge in [-0.05, 0) is 25.5 Å². The van der Waals surface area contributed by atoms with Crippen molar-refractivity contribution < 1.29 is 23.9 Å². The molecule has 4 rings (SSSR count). The van der Waals surface area contributed by atoms with Crippen LogP contribution in [-0.4, -0.2) is 47.0 Å².